The Morgan fingerprint density at radius 1 is 1.14 bits per heavy atom. The van der Waals surface area contributed by atoms with E-state index in [0.29, 0.717) is 16.8 Å². The van der Waals surface area contributed by atoms with Crippen LogP contribution in [0.1, 0.15) is 12.0 Å². The number of fused-ring (bicyclic) bond motifs is 1. The predicted molar refractivity (Wildman–Crippen MR) is 122 cm³/mol. The molecule has 0 bridgehead atoms. The first-order valence-electron chi connectivity index (χ1n) is 9.48. The lowest BCUT2D eigenvalue weighted by atomic mass is 10.0. The number of aryl methyl sites for hydroxylation is 1. The number of aromatic nitrogens is 2. The highest BCUT2D eigenvalue weighted by Gasteiger charge is 2.17. The van der Waals surface area contributed by atoms with Crippen molar-refractivity contribution in [3.63, 3.8) is 0 Å². The van der Waals surface area contributed by atoms with Crippen LogP contribution in [0.15, 0.2) is 48.7 Å². The number of hydrogen-bond acceptors (Lipinski definition) is 6. The van der Waals surface area contributed by atoms with Gasteiger partial charge in [0.15, 0.2) is 5.82 Å². The van der Waals surface area contributed by atoms with Gasteiger partial charge in [-0.15, -0.1) is 0 Å². The van der Waals surface area contributed by atoms with Crippen molar-refractivity contribution in [2.75, 3.05) is 35.8 Å². The molecule has 0 spiro atoms. The number of hydrogen-bond donors (Lipinski definition) is 3. The van der Waals surface area contributed by atoms with Crippen LogP contribution in [0.25, 0.3) is 0 Å². The molecule has 29 heavy (non-hydrogen) atoms. The second kappa shape index (κ2) is 8.05. The minimum atomic E-state index is -2.46. The zero-order chi connectivity index (χ0) is 20.4. The minimum absolute atomic E-state index is 0.391. The van der Waals surface area contributed by atoms with Gasteiger partial charge in [-0.3, -0.25) is 0 Å². The normalized spacial score (nSPS) is 13.3. The van der Waals surface area contributed by atoms with Crippen LogP contribution in [-0.4, -0.2) is 29.8 Å². The fourth-order valence-corrected chi connectivity index (χ4v) is 4.67. The number of halogens is 1. The number of benzene rings is 2. The van der Waals surface area contributed by atoms with E-state index in [-0.39, 0.29) is 0 Å². The summed E-state index contributed by atoms with van der Waals surface area (Å²) in [6.07, 6.45) is 3.73. The predicted octanol–water partition coefficient (Wildman–Crippen LogP) is 5.22. The van der Waals surface area contributed by atoms with Crippen molar-refractivity contribution in [2.24, 2.45) is 0 Å². The average Bonchev–Trinajstić information content (AvgIpc) is 2.70. The summed E-state index contributed by atoms with van der Waals surface area (Å²) in [5.41, 5.74) is 4.12. The van der Waals surface area contributed by atoms with E-state index in [4.69, 9.17) is 11.6 Å². The molecule has 3 aromatic rings. The molecule has 1 aromatic heterocycles. The molecule has 0 fully saturated rings. The van der Waals surface area contributed by atoms with Gasteiger partial charge in [0.25, 0.3) is 0 Å². The molecule has 2 aromatic carbocycles. The highest BCUT2D eigenvalue weighted by molar-refractivity contribution is 7.70. The molecule has 2 heterocycles. The summed E-state index contributed by atoms with van der Waals surface area (Å²) in [6, 6.07) is 13.7. The average molecular weight is 428 g/mol. The van der Waals surface area contributed by atoms with E-state index >= 15 is 0 Å². The third-order valence-corrected chi connectivity index (χ3v) is 6.61. The van der Waals surface area contributed by atoms with Crippen molar-refractivity contribution in [2.45, 2.75) is 12.8 Å². The Labute approximate surface area is 175 Å². The van der Waals surface area contributed by atoms with Crippen LogP contribution in [0.3, 0.4) is 0 Å². The van der Waals surface area contributed by atoms with E-state index < -0.39 is 7.14 Å². The van der Waals surface area contributed by atoms with Crippen LogP contribution in [0.5, 0.6) is 0 Å². The Bertz CT molecular complexity index is 1100. The van der Waals surface area contributed by atoms with Crippen LogP contribution >= 0.6 is 18.7 Å². The second-order valence-corrected chi connectivity index (χ2v) is 11.0. The van der Waals surface area contributed by atoms with Gasteiger partial charge in [0, 0.05) is 23.2 Å². The van der Waals surface area contributed by atoms with Crippen molar-refractivity contribution >= 4 is 52.9 Å². The number of nitrogens with zero attached hydrogens (tertiary/aromatic N) is 2. The molecule has 0 saturated carbocycles. The minimum Gasteiger partial charge on any atom is -0.385 e. The summed E-state index contributed by atoms with van der Waals surface area (Å²) in [7, 11) is -2.46. The maximum Gasteiger partial charge on any atom is 0.229 e. The van der Waals surface area contributed by atoms with Crippen LogP contribution in [0, 0.1) is 0 Å². The molecule has 0 radical (unpaired) electrons. The third kappa shape index (κ3) is 4.55. The first kappa shape index (κ1) is 19.7. The van der Waals surface area contributed by atoms with Crippen molar-refractivity contribution in [3.8, 4) is 0 Å². The second-order valence-electron chi connectivity index (χ2n) is 7.41. The lowest BCUT2D eigenvalue weighted by Gasteiger charge is -2.19. The first-order chi connectivity index (χ1) is 13.9. The maximum absolute atomic E-state index is 12.6. The quantitative estimate of drug-likeness (QED) is 0.484. The Morgan fingerprint density at radius 3 is 2.79 bits per heavy atom. The topological polar surface area (TPSA) is 78.9 Å². The van der Waals surface area contributed by atoms with E-state index in [2.05, 4.69) is 38.1 Å². The Morgan fingerprint density at radius 2 is 1.97 bits per heavy atom. The molecule has 8 heteroatoms. The van der Waals surface area contributed by atoms with Gasteiger partial charge in [0.2, 0.25) is 5.95 Å². The molecule has 0 saturated heterocycles. The number of rotatable bonds is 5. The summed E-state index contributed by atoms with van der Waals surface area (Å²) >= 11 is 6.32. The van der Waals surface area contributed by atoms with Crippen molar-refractivity contribution < 1.29 is 4.57 Å². The smallest absolute Gasteiger partial charge is 0.229 e. The standard InChI is InChI=1S/C21H23ClN5OP/c1-29(2,28)19-8-4-3-7-18(19)26-20-16(22)13-24-21(27-20)25-15-9-10-17-14(12-15)6-5-11-23-17/h3-4,7-10,12-13,23H,5-6,11H2,1-2H3,(H2,24,25,26,27). The van der Waals surface area contributed by atoms with Gasteiger partial charge < -0.3 is 20.5 Å². The molecular formula is C21H23ClN5OP. The van der Waals surface area contributed by atoms with E-state index in [9.17, 15) is 4.57 Å². The first-order valence-corrected chi connectivity index (χ1v) is 12.5. The summed E-state index contributed by atoms with van der Waals surface area (Å²) in [4.78, 5) is 8.82. The highest BCUT2D eigenvalue weighted by Crippen LogP contribution is 2.38. The third-order valence-electron chi connectivity index (χ3n) is 4.78. The van der Waals surface area contributed by atoms with Crippen molar-refractivity contribution in [1.29, 1.82) is 0 Å². The molecule has 6 nitrogen and oxygen atoms in total. The van der Waals surface area contributed by atoms with Crippen molar-refractivity contribution in [3.05, 3.63) is 59.2 Å². The molecule has 3 N–H and O–H groups in total. The largest absolute Gasteiger partial charge is 0.385 e. The summed E-state index contributed by atoms with van der Waals surface area (Å²) in [5, 5.41) is 11.0. The van der Waals surface area contributed by atoms with Crippen molar-refractivity contribution in [1.82, 2.24) is 9.97 Å². The summed E-state index contributed by atoms with van der Waals surface area (Å²) in [6.45, 7) is 4.50. The summed E-state index contributed by atoms with van der Waals surface area (Å²) < 4.78 is 12.6. The number of nitrogens with one attached hydrogen (secondary N) is 3. The maximum atomic E-state index is 12.6. The highest BCUT2D eigenvalue weighted by atomic mass is 35.5. The van der Waals surface area contributed by atoms with Gasteiger partial charge in [0.05, 0.1) is 11.9 Å². The van der Waals surface area contributed by atoms with Crippen LogP contribution in [-0.2, 0) is 11.0 Å². The molecule has 0 amide bonds. The fourth-order valence-electron chi connectivity index (χ4n) is 3.37. The van der Waals surface area contributed by atoms with Gasteiger partial charge in [-0.05, 0) is 62.1 Å². The SMILES string of the molecule is CP(C)(=O)c1ccccc1Nc1nc(Nc2ccc3c(c2)CCCN3)ncc1Cl. The molecule has 4 rings (SSSR count). The van der Waals surface area contributed by atoms with E-state index in [0.717, 1.165) is 36.1 Å². The molecule has 0 atom stereocenters. The van der Waals surface area contributed by atoms with Crippen LogP contribution in [0.2, 0.25) is 5.02 Å². The van der Waals surface area contributed by atoms with Gasteiger partial charge in [-0.1, -0.05) is 23.7 Å². The molecule has 0 unspecified atom stereocenters. The van der Waals surface area contributed by atoms with Gasteiger partial charge in [-0.25, -0.2) is 4.98 Å². The lowest BCUT2D eigenvalue weighted by molar-refractivity contribution is 0.588. The fraction of sp³-hybridized carbons (Fsp3) is 0.238. The number of para-hydroxylation sites is 1. The molecule has 1 aliphatic rings. The zero-order valence-corrected chi connectivity index (χ0v) is 18.0. The van der Waals surface area contributed by atoms with Gasteiger partial charge in [-0.2, -0.15) is 4.98 Å². The molecule has 150 valence electrons. The van der Waals surface area contributed by atoms with E-state index in [1.54, 1.807) is 19.5 Å². The molecule has 0 aliphatic carbocycles. The van der Waals surface area contributed by atoms with Crippen LogP contribution in [0.4, 0.5) is 28.8 Å². The molecular weight excluding hydrogens is 405 g/mol. The number of anilines is 5. The zero-order valence-electron chi connectivity index (χ0n) is 16.4. The Kier molecular flexibility index (Phi) is 5.48. The Balaban J connectivity index is 1.60. The monoisotopic (exact) mass is 427 g/mol. The van der Waals surface area contributed by atoms with Gasteiger partial charge >= 0.3 is 0 Å². The van der Waals surface area contributed by atoms with Gasteiger partial charge in [0.1, 0.15) is 12.2 Å². The molecule has 1 aliphatic heterocycles. The van der Waals surface area contributed by atoms with E-state index in [1.165, 1.54) is 11.3 Å². The summed E-state index contributed by atoms with van der Waals surface area (Å²) in [5.74, 6) is 0.902. The van der Waals surface area contributed by atoms with E-state index in [1.807, 2.05) is 30.3 Å². The lowest BCUT2D eigenvalue weighted by Crippen LogP contribution is -2.12. The van der Waals surface area contributed by atoms with Crippen LogP contribution < -0.4 is 21.3 Å². The Hall–Kier alpha value is -2.56.